The van der Waals surface area contributed by atoms with E-state index < -0.39 is 0 Å². The first-order valence-electron chi connectivity index (χ1n) is 11.9. The van der Waals surface area contributed by atoms with Crippen molar-refractivity contribution in [1.82, 2.24) is 15.0 Å². The van der Waals surface area contributed by atoms with Crippen molar-refractivity contribution in [3.05, 3.63) is 77.1 Å². The maximum atomic E-state index is 10.3. The van der Waals surface area contributed by atoms with Crippen LogP contribution in [-0.2, 0) is 25.7 Å². The second-order valence-corrected chi connectivity index (χ2v) is 8.61. The first-order valence-corrected chi connectivity index (χ1v) is 11.9. The van der Waals surface area contributed by atoms with Crippen LogP contribution >= 0.6 is 0 Å². The number of aliphatic hydroxyl groups is 1. The zero-order chi connectivity index (χ0) is 21.9. The van der Waals surface area contributed by atoms with Crippen molar-refractivity contribution in [1.29, 1.82) is 0 Å². The smallest absolute Gasteiger partial charge is 0.0831 e. The van der Waals surface area contributed by atoms with Gasteiger partial charge >= 0.3 is 0 Å². The lowest BCUT2D eigenvalue weighted by atomic mass is 9.99. The molecule has 1 aromatic heterocycles. The third kappa shape index (κ3) is 7.62. The van der Waals surface area contributed by atoms with Gasteiger partial charge < -0.3 is 5.11 Å². The minimum Gasteiger partial charge on any atom is -0.393 e. The van der Waals surface area contributed by atoms with Gasteiger partial charge in [-0.25, -0.2) is 4.68 Å². The number of unbranched alkanes of at least 4 members (excludes halogenated alkanes) is 2. The Balaban J connectivity index is 1.69. The van der Waals surface area contributed by atoms with Crippen LogP contribution in [0.1, 0.15) is 74.8 Å². The molecule has 0 aliphatic carbocycles. The highest BCUT2D eigenvalue weighted by atomic mass is 16.3. The van der Waals surface area contributed by atoms with E-state index in [-0.39, 0.29) is 6.10 Å². The van der Waals surface area contributed by atoms with Gasteiger partial charge in [-0.05, 0) is 73.8 Å². The van der Waals surface area contributed by atoms with E-state index in [1.165, 1.54) is 36.0 Å². The van der Waals surface area contributed by atoms with E-state index in [2.05, 4.69) is 78.9 Å². The molecule has 1 N–H and O–H groups in total. The third-order valence-electron chi connectivity index (χ3n) is 5.75. The van der Waals surface area contributed by atoms with Crippen LogP contribution in [0.5, 0.6) is 0 Å². The highest BCUT2D eigenvalue weighted by molar-refractivity contribution is 5.40. The highest BCUT2D eigenvalue weighted by Gasteiger charge is 2.10. The van der Waals surface area contributed by atoms with Crippen LogP contribution in [0.3, 0.4) is 0 Å². The summed E-state index contributed by atoms with van der Waals surface area (Å²) >= 11 is 0. The molecule has 0 amide bonds. The van der Waals surface area contributed by atoms with Crippen molar-refractivity contribution >= 4 is 0 Å². The fourth-order valence-corrected chi connectivity index (χ4v) is 4.08. The lowest BCUT2D eigenvalue weighted by Crippen LogP contribution is -2.10. The number of rotatable bonds is 13. The Morgan fingerprint density at radius 3 is 2.39 bits per heavy atom. The van der Waals surface area contributed by atoms with Gasteiger partial charge in [0, 0.05) is 0 Å². The fraction of sp³-hybridized carbons (Fsp3) is 0.481. The number of benzene rings is 2. The molecule has 31 heavy (non-hydrogen) atoms. The van der Waals surface area contributed by atoms with Crippen molar-refractivity contribution in [2.45, 2.75) is 84.2 Å². The molecule has 3 rings (SSSR count). The van der Waals surface area contributed by atoms with Crippen molar-refractivity contribution in [3.63, 3.8) is 0 Å². The molecule has 0 aliphatic heterocycles. The average Bonchev–Trinajstić information content (AvgIpc) is 3.24. The van der Waals surface area contributed by atoms with Gasteiger partial charge in [0.25, 0.3) is 0 Å². The monoisotopic (exact) mass is 419 g/mol. The number of aliphatic hydroxyl groups excluding tert-OH is 1. The first-order chi connectivity index (χ1) is 15.2. The summed E-state index contributed by atoms with van der Waals surface area (Å²) in [7, 11) is 0. The Bertz CT molecular complexity index is 904. The van der Waals surface area contributed by atoms with E-state index in [4.69, 9.17) is 0 Å². The maximum Gasteiger partial charge on any atom is 0.0831 e. The van der Waals surface area contributed by atoms with Crippen molar-refractivity contribution in [3.8, 4) is 5.69 Å². The van der Waals surface area contributed by atoms with Gasteiger partial charge in [0.1, 0.15) is 0 Å². The van der Waals surface area contributed by atoms with Crippen LogP contribution < -0.4 is 0 Å². The van der Waals surface area contributed by atoms with Gasteiger partial charge in [0.15, 0.2) is 0 Å². The van der Waals surface area contributed by atoms with E-state index in [0.717, 1.165) is 49.9 Å². The molecule has 0 saturated carbocycles. The summed E-state index contributed by atoms with van der Waals surface area (Å²) in [5.41, 5.74) is 5.95. The largest absolute Gasteiger partial charge is 0.393 e. The van der Waals surface area contributed by atoms with Crippen molar-refractivity contribution in [2.75, 3.05) is 0 Å². The number of nitrogens with zero attached hydrogens (tertiary/aromatic N) is 3. The fourth-order valence-electron chi connectivity index (χ4n) is 4.08. The van der Waals surface area contributed by atoms with Crippen LogP contribution in [0.2, 0.25) is 0 Å². The summed E-state index contributed by atoms with van der Waals surface area (Å²) in [6, 6.07) is 17.2. The molecular formula is C27H37N3O. The minimum atomic E-state index is -0.284. The molecule has 0 saturated heterocycles. The molecule has 1 atom stereocenters. The summed E-state index contributed by atoms with van der Waals surface area (Å²) in [5.74, 6) is 0. The second-order valence-electron chi connectivity index (χ2n) is 8.61. The van der Waals surface area contributed by atoms with Gasteiger partial charge in [-0.3, -0.25) is 0 Å². The number of aryl methyl sites for hydroxylation is 3. The third-order valence-corrected chi connectivity index (χ3v) is 5.75. The molecule has 1 unspecified atom stereocenters. The SMILES string of the molecule is CCCCCc1cc(CC(O)CCC)cc(-n2cc(CCCc3ccccc3)nn2)c1. The van der Waals surface area contributed by atoms with Crippen LogP contribution in [-0.4, -0.2) is 26.2 Å². The van der Waals surface area contributed by atoms with Gasteiger partial charge in [-0.1, -0.05) is 74.7 Å². The summed E-state index contributed by atoms with van der Waals surface area (Å²) in [5, 5.41) is 19.2. The molecule has 2 aromatic carbocycles. The van der Waals surface area contributed by atoms with E-state index in [0.29, 0.717) is 6.42 Å². The standard InChI is InChI=1S/C27H37N3O/c1-3-5-7-14-23-17-24(20-27(31)11-4-2)19-26(18-23)30-21-25(28-29-30)16-10-15-22-12-8-6-9-13-22/h6,8-9,12-13,17-19,21,27,31H,3-5,7,10-11,14-16,20H2,1-2H3. The van der Waals surface area contributed by atoms with Gasteiger partial charge in [0.2, 0.25) is 0 Å². The van der Waals surface area contributed by atoms with Crippen molar-refractivity contribution in [2.24, 2.45) is 0 Å². The lowest BCUT2D eigenvalue weighted by Gasteiger charge is -2.13. The van der Waals surface area contributed by atoms with Crippen LogP contribution in [0.25, 0.3) is 5.69 Å². The van der Waals surface area contributed by atoms with Crippen LogP contribution in [0.4, 0.5) is 0 Å². The zero-order valence-corrected chi connectivity index (χ0v) is 19.1. The molecule has 0 bridgehead atoms. The predicted molar refractivity (Wildman–Crippen MR) is 128 cm³/mol. The Morgan fingerprint density at radius 1 is 0.839 bits per heavy atom. The minimum absolute atomic E-state index is 0.284. The van der Waals surface area contributed by atoms with Crippen molar-refractivity contribution < 1.29 is 5.11 Å². The number of aromatic nitrogens is 3. The molecule has 4 nitrogen and oxygen atoms in total. The normalized spacial score (nSPS) is 12.2. The summed E-state index contributed by atoms with van der Waals surface area (Å²) in [4.78, 5) is 0. The van der Waals surface area contributed by atoms with Gasteiger partial charge in [-0.2, -0.15) is 0 Å². The predicted octanol–water partition coefficient (Wildman–Crippen LogP) is 5.88. The Morgan fingerprint density at radius 2 is 1.61 bits per heavy atom. The summed E-state index contributed by atoms with van der Waals surface area (Å²) < 4.78 is 1.90. The molecule has 0 radical (unpaired) electrons. The van der Waals surface area contributed by atoms with Crippen LogP contribution in [0, 0.1) is 0 Å². The molecule has 0 aliphatic rings. The van der Waals surface area contributed by atoms with E-state index in [1.807, 2.05) is 4.68 Å². The first kappa shape index (κ1) is 23.2. The second kappa shape index (κ2) is 12.4. The summed E-state index contributed by atoms with van der Waals surface area (Å²) in [6.45, 7) is 4.35. The molecular weight excluding hydrogens is 382 g/mol. The summed E-state index contributed by atoms with van der Waals surface area (Å²) in [6.07, 6.45) is 12.1. The van der Waals surface area contributed by atoms with Gasteiger partial charge in [0.05, 0.1) is 23.7 Å². The van der Waals surface area contributed by atoms with E-state index in [9.17, 15) is 5.11 Å². The number of hydrogen-bond donors (Lipinski definition) is 1. The molecule has 3 aromatic rings. The average molecular weight is 420 g/mol. The van der Waals surface area contributed by atoms with E-state index in [1.54, 1.807) is 0 Å². The Labute approximate surface area is 187 Å². The molecule has 0 spiro atoms. The van der Waals surface area contributed by atoms with Crippen LogP contribution in [0.15, 0.2) is 54.7 Å². The Hall–Kier alpha value is -2.46. The maximum absolute atomic E-state index is 10.3. The number of hydrogen-bond acceptors (Lipinski definition) is 3. The van der Waals surface area contributed by atoms with Gasteiger partial charge in [-0.15, -0.1) is 5.10 Å². The lowest BCUT2D eigenvalue weighted by molar-refractivity contribution is 0.164. The molecule has 4 heteroatoms. The molecule has 1 heterocycles. The quantitative estimate of drug-likeness (QED) is 0.352. The topological polar surface area (TPSA) is 50.9 Å². The molecule has 0 fully saturated rings. The Kier molecular flexibility index (Phi) is 9.29. The zero-order valence-electron chi connectivity index (χ0n) is 19.1. The van der Waals surface area contributed by atoms with E-state index >= 15 is 0 Å². The highest BCUT2D eigenvalue weighted by Crippen LogP contribution is 2.19. The molecule has 166 valence electrons.